The molecule has 1 aliphatic heterocycles. The van der Waals surface area contributed by atoms with E-state index >= 15 is 0 Å². The van der Waals surface area contributed by atoms with E-state index in [0.29, 0.717) is 0 Å². The number of hydrogen-bond donors (Lipinski definition) is 0. The van der Waals surface area contributed by atoms with Gasteiger partial charge in [-0.2, -0.15) is 0 Å². The van der Waals surface area contributed by atoms with Crippen molar-refractivity contribution in [1.82, 2.24) is 0 Å². The van der Waals surface area contributed by atoms with E-state index in [9.17, 15) is 0 Å². The van der Waals surface area contributed by atoms with E-state index in [4.69, 9.17) is 0 Å². The summed E-state index contributed by atoms with van der Waals surface area (Å²) in [5.74, 6) is 0.727. The average molecular weight is 110 g/mol. The molecule has 0 aliphatic carbocycles. The van der Waals surface area contributed by atoms with Crippen molar-refractivity contribution in [2.45, 2.75) is 6.92 Å². The average Bonchev–Trinajstić information content (AvgIpc) is 1.64. The maximum atomic E-state index is 2.22. The Kier molecular flexibility index (Phi) is 1.47. The Morgan fingerprint density at radius 3 is 2.75 bits per heavy atom. The van der Waals surface area contributed by atoms with E-state index in [1.54, 1.807) is 0 Å². The molecule has 0 aromatic carbocycles. The topological polar surface area (TPSA) is 3.01 Å². The van der Waals surface area contributed by atoms with Crippen LogP contribution in [0.15, 0.2) is 12.2 Å². The molecule has 0 fully saturated rings. The summed E-state index contributed by atoms with van der Waals surface area (Å²) in [7, 11) is 2.10. The Balaban J connectivity index is 2.59. The summed E-state index contributed by atoms with van der Waals surface area (Å²) in [6.45, 7) is 3.39. The van der Waals surface area contributed by atoms with E-state index in [1.807, 2.05) is 0 Å². The molecule has 1 rings (SSSR count). The van der Waals surface area contributed by atoms with Crippen LogP contribution in [0, 0.1) is 5.92 Å². The Hall–Kier alpha value is -0.590. The van der Waals surface area contributed by atoms with Crippen molar-refractivity contribution in [2.24, 2.45) is 5.92 Å². The summed E-state index contributed by atoms with van der Waals surface area (Å²) in [5.41, 5.74) is 0. The zero-order chi connectivity index (χ0) is 5.98. The van der Waals surface area contributed by atoms with E-state index in [2.05, 4.69) is 36.9 Å². The van der Waals surface area contributed by atoms with Crippen molar-refractivity contribution in [1.29, 1.82) is 0 Å². The van der Waals surface area contributed by atoms with Gasteiger partial charge >= 0.3 is 0 Å². The molecule has 8 heavy (non-hydrogen) atoms. The molecule has 1 atom stereocenters. The summed E-state index contributed by atoms with van der Waals surface area (Å²) in [4.78, 5) is 0. The first kappa shape index (κ1) is 5.54. The van der Waals surface area contributed by atoms with Crippen molar-refractivity contribution >= 4 is 6.21 Å². The molecule has 0 radical (unpaired) electrons. The van der Waals surface area contributed by atoms with Crippen molar-refractivity contribution < 1.29 is 4.58 Å². The lowest BCUT2D eigenvalue weighted by atomic mass is 10.1. The molecule has 0 aromatic heterocycles. The molecular weight excluding hydrogens is 98.1 g/mol. The van der Waals surface area contributed by atoms with Gasteiger partial charge in [0, 0.05) is 5.92 Å². The van der Waals surface area contributed by atoms with Gasteiger partial charge in [-0.25, -0.2) is 4.58 Å². The number of nitrogens with zero attached hydrogens (tertiary/aromatic N) is 1. The van der Waals surface area contributed by atoms with Crippen molar-refractivity contribution in [3.05, 3.63) is 12.2 Å². The largest absolute Gasteiger partial charge is 0.238 e. The first-order chi connectivity index (χ1) is 3.79. The third-order valence-electron chi connectivity index (χ3n) is 1.36. The van der Waals surface area contributed by atoms with Crippen LogP contribution in [0.5, 0.6) is 0 Å². The van der Waals surface area contributed by atoms with Gasteiger partial charge < -0.3 is 0 Å². The Morgan fingerprint density at radius 1 is 1.62 bits per heavy atom. The third-order valence-corrected chi connectivity index (χ3v) is 1.36. The maximum Gasteiger partial charge on any atom is 0.162 e. The minimum Gasteiger partial charge on any atom is -0.238 e. The van der Waals surface area contributed by atoms with E-state index < -0.39 is 0 Å². The minimum atomic E-state index is 0.727. The van der Waals surface area contributed by atoms with Gasteiger partial charge in [-0.3, -0.25) is 0 Å². The van der Waals surface area contributed by atoms with Crippen molar-refractivity contribution in [3.63, 3.8) is 0 Å². The third kappa shape index (κ3) is 1.19. The fraction of sp³-hybridized carbons (Fsp3) is 0.571. The molecule has 0 aromatic rings. The zero-order valence-corrected chi connectivity index (χ0v) is 5.46. The molecule has 44 valence electrons. The molecular formula is C7H12N+. The summed E-state index contributed by atoms with van der Waals surface area (Å²) >= 11 is 0. The zero-order valence-electron chi connectivity index (χ0n) is 5.46. The SMILES string of the molecule is CC1C=CC=[N+](C)C1. The minimum absolute atomic E-state index is 0.727. The quantitative estimate of drug-likeness (QED) is 0.408. The predicted molar refractivity (Wildman–Crippen MR) is 35.4 cm³/mol. The van der Waals surface area contributed by atoms with Crippen LogP contribution in [0.2, 0.25) is 0 Å². The second-order valence-electron chi connectivity index (χ2n) is 2.45. The second kappa shape index (κ2) is 2.12. The van der Waals surface area contributed by atoms with Gasteiger partial charge in [0.2, 0.25) is 0 Å². The van der Waals surface area contributed by atoms with Crippen LogP contribution in [0.1, 0.15) is 6.92 Å². The van der Waals surface area contributed by atoms with Gasteiger partial charge in [-0.15, -0.1) is 0 Å². The molecule has 0 N–H and O–H groups in total. The van der Waals surface area contributed by atoms with Gasteiger partial charge in [0.15, 0.2) is 6.21 Å². The lowest BCUT2D eigenvalue weighted by Gasteiger charge is -2.04. The highest BCUT2D eigenvalue weighted by Crippen LogP contribution is 1.98. The molecule has 0 bridgehead atoms. The Labute approximate surface area is 50.3 Å². The Morgan fingerprint density at radius 2 is 2.38 bits per heavy atom. The van der Waals surface area contributed by atoms with Crippen LogP contribution < -0.4 is 0 Å². The molecule has 0 spiro atoms. The van der Waals surface area contributed by atoms with Crippen LogP contribution in [0.3, 0.4) is 0 Å². The maximum absolute atomic E-state index is 2.22. The highest BCUT2D eigenvalue weighted by molar-refractivity contribution is 5.66. The molecule has 1 heterocycles. The molecule has 1 aliphatic rings. The monoisotopic (exact) mass is 110 g/mol. The molecule has 1 nitrogen and oxygen atoms in total. The Bertz CT molecular complexity index is 133. The van der Waals surface area contributed by atoms with E-state index in [1.165, 1.54) is 0 Å². The lowest BCUT2D eigenvalue weighted by molar-refractivity contribution is -0.498. The van der Waals surface area contributed by atoms with Crippen LogP contribution in [-0.4, -0.2) is 24.4 Å². The number of hydrogen-bond acceptors (Lipinski definition) is 0. The number of rotatable bonds is 0. The second-order valence-corrected chi connectivity index (χ2v) is 2.45. The molecule has 0 amide bonds. The normalized spacial score (nSPS) is 27.8. The summed E-state index contributed by atoms with van der Waals surface area (Å²) in [6.07, 6.45) is 6.42. The first-order valence-electron chi connectivity index (χ1n) is 3.01. The van der Waals surface area contributed by atoms with Crippen LogP contribution in [-0.2, 0) is 0 Å². The summed E-state index contributed by atoms with van der Waals surface area (Å²) < 4.78 is 2.20. The van der Waals surface area contributed by atoms with Gasteiger partial charge in [-0.1, -0.05) is 13.0 Å². The molecule has 1 heteroatoms. The summed E-state index contributed by atoms with van der Waals surface area (Å²) in [5, 5.41) is 0. The van der Waals surface area contributed by atoms with Crippen LogP contribution in [0.25, 0.3) is 0 Å². The smallest absolute Gasteiger partial charge is 0.162 e. The van der Waals surface area contributed by atoms with Crippen LogP contribution >= 0.6 is 0 Å². The summed E-state index contributed by atoms with van der Waals surface area (Å²) in [6, 6.07) is 0. The van der Waals surface area contributed by atoms with Crippen LogP contribution in [0.4, 0.5) is 0 Å². The van der Waals surface area contributed by atoms with Crippen molar-refractivity contribution in [3.8, 4) is 0 Å². The standard InChI is InChI=1S/C7H12N/c1-7-4-3-5-8(2)6-7/h3-5,7H,6H2,1-2H3/q+1. The fourth-order valence-electron chi connectivity index (χ4n) is 0.962. The van der Waals surface area contributed by atoms with E-state index in [-0.39, 0.29) is 0 Å². The molecule has 0 saturated heterocycles. The number of allylic oxidation sites excluding steroid dienone is 1. The first-order valence-corrected chi connectivity index (χ1v) is 3.01. The van der Waals surface area contributed by atoms with E-state index in [0.717, 1.165) is 12.5 Å². The van der Waals surface area contributed by atoms with Gasteiger partial charge in [0.1, 0.15) is 13.6 Å². The highest BCUT2D eigenvalue weighted by Gasteiger charge is 2.05. The molecule has 0 saturated carbocycles. The van der Waals surface area contributed by atoms with Crippen molar-refractivity contribution in [2.75, 3.05) is 13.6 Å². The fourth-order valence-corrected chi connectivity index (χ4v) is 0.962. The highest BCUT2D eigenvalue weighted by atomic mass is 15.0. The van der Waals surface area contributed by atoms with Gasteiger partial charge in [-0.05, 0) is 6.08 Å². The van der Waals surface area contributed by atoms with Gasteiger partial charge in [0.05, 0.1) is 0 Å². The molecule has 1 unspecified atom stereocenters. The van der Waals surface area contributed by atoms with Gasteiger partial charge in [0.25, 0.3) is 0 Å². The lowest BCUT2D eigenvalue weighted by Crippen LogP contribution is -2.17. The predicted octanol–water partition coefficient (Wildman–Crippen LogP) is 0.905.